The average Bonchev–Trinajstić information content (AvgIpc) is 3.38. The van der Waals surface area contributed by atoms with Gasteiger partial charge in [0, 0.05) is 32.8 Å². The number of benzene rings is 2. The normalized spacial score (nSPS) is 20.6. The molecule has 2 unspecified atom stereocenters. The fourth-order valence-corrected chi connectivity index (χ4v) is 4.38. The Labute approximate surface area is 184 Å². The fourth-order valence-electron chi connectivity index (χ4n) is 4.38. The van der Waals surface area contributed by atoms with E-state index in [0.29, 0.717) is 32.8 Å². The van der Waals surface area contributed by atoms with Gasteiger partial charge < -0.3 is 15.0 Å². The van der Waals surface area contributed by atoms with Crippen LogP contribution in [0.3, 0.4) is 0 Å². The van der Waals surface area contributed by atoms with E-state index < -0.39 is 0 Å². The zero-order valence-corrected chi connectivity index (χ0v) is 18.1. The van der Waals surface area contributed by atoms with Crippen molar-refractivity contribution in [3.63, 3.8) is 0 Å². The average molecular weight is 422 g/mol. The quantitative estimate of drug-likeness (QED) is 0.779. The SMILES string of the molecule is CC(C(=O)NC(c1ccccc1)c1ccccc1)N1CCN(C(=O)C2CCCO2)CC1. The van der Waals surface area contributed by atoms with Crippen molar-refractivity contribution < 1.29 is 14.3 Å². The van der Waals surface area contributed by atoms with Crippen LogP contribution in [0.4, 0.5) is 0 Å². The van der Waals surface area contributed by atoms with Crippen LogP contribution in [0.5, 0.6) is 0 Å². The predicted octanol–water partition coefficient (Wildman–Crippen LogP) is 2.60. The monoisotopic (exact) mass is 421 g/mol. The van der Waals surface area contributed by atoms with Crippen LogP contribution >= 0.6 is 0 Å². The summed E-state index contributed by atoms with van der Waals surface area (Å²) in [7, 11) is 0. The standard InChI is InChI=1S/C25H31N3O3/c1-19(27-14-16-28(17-15-27)25(30)22-13-8-18-31-22)24(29)26-23(20-9-4-2-5-10-20)21-11-6-3-7-12-21/h2-7,9-12,19,22-23H,8,13-18H2,1H3,(H,26,29). The third-order valence-corrected chi connectivity index (χ3v) is 6.31. The minimum absolute atomic E-state index is 0.00314. The lowest BCUT2D eigenvalue weighted by molar-refractivity contribution is -0.143. The maximum atomic E-state index is 13.2. The number of carbonyl (C=O) groups is 2. The maximum Gasteiger partial charge on any atom is 0.251 e. The van der Waals surface area contributed by atoms with Crippen LogP contribution in [0.25, 0.3) is 0 Å². The Balaban J connectivity index is 1.37. The molecule has 0 bridgehead atoms. The lowest BCUT2D eigenvalue weighted by atomic mass is 9.98. The Morgan fingerprint density at radius 3 is 2.03 bits per heavy atom. The Bertz CT molecular complexity index is 821. The van der Waals surface area contributed by atoms with Crippen LogP contribution in [0.1, 0.15) is 36.9 Å². The third kappa shape index (κ3) is 5.14. The summed E-state index contributed by atoms with van der Waals surface area (Å²) in [6.07, 6.45) is 1.50. The van der Waals surface area contributed by atoms with E-state index in [1.807, 2.05) is 72.5 Å². The molecule has 2 aromatic carbocycles. The first-order valence-electron chi connectivity index (χ1n) is 11.2. The topological polar surface area (TPSA) is 61.9 Å². The van der Waals surface area contributed by atoms with Crippen molar-refractivity contribution in [3.05, 3.63) is 71.8 Å². The Morgan fingerprint density at radius 1 is 0.935 bits per heavy atom. The largest absolute Gasteiger partial charge is 0.368 e. The van der Waals surface area contributed by atoms with E-state index >= 15 is 0 Å². The zero-order chi connectivity index (χ0) is 21.6. The predicted molar refractivity (Wildman–Crippen MR) is 119 cm³/mol. The molecule has 2 heterocycles. The summed E-state index contributed by atoms with van der Waals surface area (Å²) < 4.78 is 5.54. The van der Waals surface area contributed by atoms with Crippen molar-refractivity contribution in [2.75, 3.05) is 32.8 Å². The van der Waals surface area contributed by atoms with Crippen LogP contribution in [-0.4, -0.2) is 66.5 Å². The van der Waals surface area contributed by atoms with Crippen molar-refractivity contribution in [3.8, 4) is 0 Å². The number of carbonyl (C=O) groups excluding carboxylic acids is 2. The van der Waals surface area contributed by atoms with Crippen LogP contribution in [-0.2, 0) is 14.3 Å². The van der Waals surface area contributed by atoms with Gasteiger partial charge in [0.25, 0.3) is 5.91 Å². The molecule has 164 valence electrons. The summed E-state index contributed by atoms with van der Waals surface area (Å²) in [6.45, 7) is 5.27. The van der Waals surface area contributed by atoms with Gasteiger partial charge in [-0.05, 0) is 30.9 Å². The summed E-state index contributed by atoms with van der Waals surface area (Å²) in [5.41, 5.74) is 2.11. The Hall–Kier alpha value is -2.70. The summed E-state index contributed by atoms with van der Waals surface area (Å²) in [5, 5.41) is 3.24. The molecule has 2 amide bonds. The number of rotatable bonds is 6. The number of nitrogens with one attached hydrogen (secondary N) is 1. The summed E-state index contributed by atoms with van der Waals surface area (Å²) in [4.78, 5) is 29.8. The van der Waals surface area contributed by atoms with Gasteiger partial charge in [0.15, 0.2) is 0 Å². The van der Waals surface area contributed by atoms with Gasteiger partial charge in [0.05, 0.1) is 12.1 Å². The maximum absolute atomic E-state index is 13.2. The summed E-state index contributed by atoms with van der Waals surface area (Å²) in [5.74, 6) is 0.0964. The van der Waals surface area contributed by atoms with Crippen LogP contribution < -0.4 is 5.32 Å². The van der Waals surface area contributed by atoms with E-state index in [1.165, 1.54) is 0 Å². The second-order valence-electron chi connectivity index (χ2n) is 8.30. The fraction of sp³-hybridized carbons (Fsp3) is 0.440. The molecule has 2 aliphatic heterocycles. The molecule has 31 heavy (non-hydrogen) atoms. The summed E-state index contributed by atoms with van der Waals surface area (Å²) >= 11 is 0. The molecular weight excluding hydrogens is 390 g/mol. The van der Waals surface area contributed by atoms with Crippen LogP contribution in [0.15, 0.2) is 60.7 Å². The lowest BCUT2D eigenvalue weighted by Crippen LogP contribution is -2.56. The molecule has 6 heteroatoms. The number of hydrogen-bond donors (Lipinski definition) is 1. The molecule has 2 aromatic rings. The zero-order valence-electron chi connectivity index (χ0n) is 18.1. The first kappa shape index (κ1) is 21.5. The highest BCUT2D eigenvalue weighted by molar-refractivity contribution is 5.83. The van der Waals surface area contributed by atoms with Gasteiger partial charge in [-0.15, -0.1) is 0 Å². The van der Waals surface area contributed by atoms with E-state index in [-0.39, 0.29) is 30.0 Å². The Morgan fingerprint density at radius 2 is 1.52 bits per heavy atom. The van der Waals surface area contributed by atoms with Crippen molar-refractivity contribution in [1.29, 1.82) is 0 Å². The Kier molecular flexibility index (Phi) is 6.99. The molecule has 6 nitrogen and oxygen atoms in total. The molecule has 0 aromatic heterocycles. The highest BCUT2D eigenvalue weighted by Crippen LogP contribution is 2.22. The molecule has 0 spiro atoms. The number of amides is 2. The van der Waals surface area contributed by atoms with Gasteiger partial charge in [0.2, 0.25) is 5.91 Å². The molecule has 2 saturated heterocycles. The molecule has 0 radical (unpaired) electrons. The minimum atomic E-state index is -0.273. The smallest absolute Gasteiger partial charge is 0.251 e. The van der Waals surface area contributed by atoms with Crippen LogP contribution in [0.2, 0.25) is 0 Å². The van der Waals surface area contributed by atoms with Gasteiger partial charge in [-0.25, -0.2) is 0 Å². The molecule has 2 fully saturated rings. The molecular formula is C25H31N3O3. The second kappa shape index (κ2) is 10.1. The molecule has 2 aliphatic rings. The number of hydrogen-bond acceptors (Lipinski definition) is 4. The van der Waals surface area contributed by atoms with E-state index in [9.17, 15) is 9.59 Å². The van der Waals surface area contributed by atoms with Gasteiger partial charge in [-0.2, -0.15) is 0 Å². The number of piperazine rings is 1. The van der Waals surface area contributed by atoms with Gasteiger partial charge in [0.1, 0.15) is 6.10 Å². The van der Waals surface area contributed by atoms with Crippen molar-refractivity contribution in [1.82, 2.24) is 15.1 Å². The van der Waals surface area contributed by atoms with Crippen molar-refractivity contribution in [2.24, 2.45) is 0 Å². The number of nitrogens with zero attached hydrogens (tertiary/aromatic N) is 2. The molecule has 0 aliphatic carbocycles. The van der Waals surface area contributed by atoms with Crippen molar-refractivity contribution >= 4 is 11.8 Å². The highest BCUT2D eigenvalue weighted by Gasteiger charge is 2.33. The first-order chi connectivity index (χ1) is 15.1. The third-order valence-electron chi connectivity index (χ3n) is 6.31. The molecule has 1 N–H and O–H groups in total. The molecule has 4 rings (SSSR count). The second-order valence-corrected chi connectivity index (χ2v) is 8.30. The van der Waals surface area contributed by atoms with Gasteiger partial charge in [-0.1, -0.05) is 60.7 Å². The van der Waals surface area contributed by atoms with E-state index in [4.69, 9.17) is 4.74 Å². The molecule has 0 saturated carbocycles. The van der Waals surface area contributed by atoms with Gasteiger partial charge >= 0.3 is 0 Å². The summed E-state index contributed by atoms with van der Waals surface area (Å²) in [6, 6.07) is 19.6. The van der Waals surface area contributed by atoms with E-state index in [1.54, 1.807) is 0 Å². The number of ether oxygens (including phenoxy) is 1. The lowest BCUT2D eigenvalue weighted by Gasteiger charge is -2.38. The van der Waals surface area contributed by atoms with E-state index in [0.717, 1.165) is 24.0 Å². The van der Waals surface area contributed by atoms with Crippen molar-refractivity contribution in [2.45, 2.75) is 38.0 Å². The minimum Gasteiger partial charge on any atom is -0.368 e. The van der Waals surface area contributed by atoms with Gasteiger partial charge in [-0.3, -0.25) is 14.5 Å². The first-order valence-corrected chi connectivity index (χ1v) is 11.2. The van der Waals surface area contributed by atoms with E-state index in [2.05, 4.69) is 10.2 Å². The van der Waals surface area contributed by atoms with Crippen LogP contribution in [0, 0.1) is 0 Å². The molecule has 2 atom stereocenters. The highest BCUT2D eigenvalue weighted by atomic mass is 16.5.